The number of carbonyl (C=O) groups is 1. The number of fused-ring (bicyclic) bond motifs is 1. The molecule has 0 bridgehead atoms. The van der Waals surface area contributed by atoms with Crippen LogP contribution in [-0.2, 0) is 16.0 Å². The van der Waals surface area contributed by atoms with E-state index in [2.05, 4.69) is 16.7 Å². The van der Waals surface area contributed by atoms with Crippen LogP contribution in [0.3, 0.4) is 0 Å². The van der Waals surface area contributed by atoms with Crippen molar-refractivity contribution in [3.05, 3.63) is 29.3 Å². The summed E-state index contributed by atoms with van der Waals surface area (Å²) in [7, 11) is 0. The monoisotopic (exact) mass is 218 g/mol. The Morgan fingerprint density at radius 1 is 1.31 bits per heavy atom. The summed E-state index contributed by atoms with van der Waals surface area (Å²) in [5.74, 6) is 0.110. The molecule has 0 saturated carbocycles. The summed E-state index contributed by atoms with van der Waals surface area (Å²) in [4.78, 5) is 11.2. The fraction of sp³-hybridized carbons (Fsp3) is 0.417. The molecule has 0 aliphatic carbocycles. The molecule has 1 aromatic rings. The van der Waals surface area contributed by atoms with Crippen molar-refractivity contribution in [3.8, 4) is 0 Å². The summed E-state index contributed by atoms with van der Waals surface area (Å²) in [5, 5.41) is 6.05. The Morgan fingerprint density at radius 2 is 2.25 bits per heavy atom. The highest BCUT2D eigenvalue weighted by atomic mass is 16.5. The van der Waals surface area contributed by atoms with E-state index >= 15 is 0 Å². The highest BCUT2D eigenvalue weighted by molar-refractivity contribution is 5.93. The molecule has 16 heavy (non-hydrogen) atoms. The third-order valence-corrected chi connectivity index (χ3v) is 3.11. The van der Waals surface area contributed by atoms with Crippen LogP contribution < -0.4 is 10.6 Å². The van der Waals surface area contributed by atoms with E-state index in [1.807, 2.05) is 12.1 Å². The maximum absolute atomic E-state index is 11.2. The van der Waals surface area contributed by atoms with E-state index in [0.29, 0.717) is 13.2 Å². The largest absolute Gasteiger partial charge is 0.357 e. The van der Waals surface area contributed by atoms with Crippen LogP contribution in [0.2, 0.25) is 0 Å². The highest BCUT2D eigenvalue weighted by Gasteiger charge is 2.20. The van der Waals surface area contributed by atoms with Crippen LogP contribution in [0, 0.1) is 0 Å². The summed E-state index contributed by atoms with van der Waals surface area (Å²) in [6.07, 6.45) is 1.57. The zero-order valence-corrected chi connectivity index (χ0v) is 8.95. The van der Waals surface area contributed by atoms with Gasteiger partial charge in [-0.2, -0.15) is 0 Å². The van der Waals surface area contributed by atoms with E-state index in [9.17, 15) is 4.79 Å². The van der Waals surface area contributed by atoms with Crippen LogP contribution in [0.15, 0.2) is 18.2 Å². The van der Waals surface area contributed by atoms with Crippen LogP contribution >= 0.6 is 0 Å². The summed E-state index contributed by atoms with van der Waals surface area (Å²) in [5.41, 5.74) is 3.36. The van der Waals surface area contributed by atoms with E-state index in [1.165, 1.54) is 11.1 Å². The van der Waals surface area contributed by atoms with Crippen molar-refractivity contribution in [1.82, 2.24) is 5.32 Å². The van der Waals surface area contributed by atoms with Gasteiger partial charge in [-0.15, -0.1) is 0 Å². The Labute approximate surface area is 94.0 Å². The fourth-order valence-corrected chi connectivity index (χ4v) is 2.23. The molecular weight excluding hydrogens is 204 g/mol. The first-order chi connectivity index (χ1) is 7.83. The van der Waals surface area contributed by atoms with E-state index in [1.54, 1.807) is 0 Å². The smallest absolute Gasteiger partial charge is 0.224 e. The van der Waals surface area contributed by atoms with Crippen molar-refractivity contribution >= 4 is 11.6 Å². The van der Waals surface area contributed by atoms with Gasteiger partial charge in [0.2, 0.25) is 5.91 Å². The normalized spacial score (nSPS) is 24.0. The van der Waals surface area contributed by atoms with E-state index < -0.39 is 0 Å². The van der Waals surface area contributed by atoms with Crippen molar-refractivity contribution in [2.45, 2.75) is 18.9 Å². The van der Waals surface area contributed by atoms with Gasteiger partial charge in [0.1, 0.15) is 0 Å². The number of rotatable bonds is 1. The van der Waals surface area contributed by atoms with Crippen LogP contribution in [0.4, 0.5) is 5.69 Å². The minimum atomic E-state index is 0.110. The summed E-state index contributed by atoms with van der Waals surface area (Å²) < 4.78 is 5.55. The third-order valence-electron chi connectivity index (χ3n) is 3.11. The number of carbonyl (C=O) groups excluding carboxylic acids is 1. The minimum Gasteiger partial charge on any atom is -0.357 e. The van der Waals surface area contributed by atoms with Crippen LogP contribution in [-0.4, -0.2) is 19.2 Å². The number of nitrogens with one attached hydrogen (secondary N) is 2. The number of aryl methyl sites for hydroxylation is 1. The first-order valence-corrected chi connectivity index (χ1v) is 5.58. The molecule has 1 unspecified atom stereocenters. The van der Waals surface area contributed by atoms with E-state index in [4.69, 9.17) is 4.74 Å². The quantitative estimate of drug-likeness (QED) is 0.744. The first-order valence-electron chi connectivity index (χ1n) is 5.58. The molecule has 2 N–H and O–H groups in total. The Morgan fingerprint density at radius 3 is 3.06 bits per heavy atom. The van der Waals surface area contributed by atoms with Crippen LogP contribution in [0.1, 0.15) is 23.7 Å². The average Bonchev–Trinajstić information content (AvgIpc) is 2.82. The summed E-state index contributed by atoms with van der Waals surface area (Å²) in [6.45, 7) is 1.49. The zero-order chi connectivity index (χ0) is 11.0. The van der Waals surface area contributed by atoms with Crippen LogP contribution in [0.25, 0.3) is 0 Å². The molecule has 1 amide bonds. The van der Waals surface area contributed by atoms with E-state index in [-0.39, 0.29) is 12.0 Å². The number of amides is 1. The molecule has 2 heterocycles. The molecule has 1 saturated heterocycles. The molecular formula is C12H14N2O2. The van der Waals surface area contributed by atoms with Gasteiger partial charge in [-0.3, -0.25) is 10.1 Å². The molecule has 4 nitrogen and oxygen atoms in total. The molecule has 84 valence electrons. The van der Waals surface area contributed by atoms with E-state index in [0.717, 1.165) is 18.7 Å². The zero-order valence-electron chi connectivity index (χ0n) is 8.95. The second-order valence-corrected chi connectivity index (χ2v) is 4.22. The van der Waals surface area contributed by atoms with Gasteiger partial charge in [-0.05, 0) is 23.6 Å². The van der Waals surface area contributed by atoms with Gasteiger partial charge in [0.15, 0.2) is 0 Å². The molecule has 2 aliphatic rings. The summed E-state index contributed by atoms with van der Waals surface area (Å²) in [6, 6.07) is 6.15. The molecule has 1 atom stereocenters. The Kier molecular flexibility index (Phi) is 2.38. The SMILES string of the molecule is O=C1CCc2cc(C3CNCO3)ccc2N1. The molecule has 4 heteroatoms. The number of benzene rings is 1. The number of ether oxygens (including phenoxy) is 1. The Bertz CT molecular complexity index is 425. The number of hydrogen-bond acceptors (Lipinski definition) is 3. The maximum atomic E-state index is 11.2. The van der Waals surface area contributed by atoms with Crippen molar-refractivity contribution in [2.75, 3.05) is 18.6 Å². The summed E-state index contributed by atoms with van der Waals surface area (Å²) >= 11 is 0. The van der Waals surface area contributed by atoms with Gasteiger partial charge in [0.25, 0.3) is 0 Å². The second kappa shape index (κ2) is 3.88. The molecule has 1 fully saturated rings. The Hall–Kier alpha value is -1.39. The lowest BCUT2D eigenvalue weighted by atomic mass is 9.98. The lowest BCUT2D eigenvalue weighted by Crippen LogP contribution is -2.19. The van der Waals surface area contributed by atoms with Gasteiger partial charge < -0.3 is 10.1 Å². The van der Waals surface area contributed by atoms with Gasteiger partial charge in [0, 0.05) is 18.7 Å². The van der Waals surface area contributed by atoms with Gasteiger partial charge >= 0.3 is 0 Å². The lowest BCUT2D eigenvalue weighted by Gasteiger charge is -2.19. The van der Waals surface area contributed by atoms with Crippen molar-refractivity contribution in [1.29, 1.82) is 0 Å². The van der Waals surface area contributed by atoms with Crippen LogP contribution in [0.5, 0.6) is 0 Å². The minimum absolute atomic E-state index is 0.110. The molecule has 2 aliphatic heterocycles. The molecule has 0 spiro atoms. The lowest BCUT2D eigenvalue weighted by molar-refractivity contribution is -0.116. The molecule has 0 radical (unpaired) electrons. The third kappa shape index (κ3) is 1.70. The number of anilines is 1. The topological polar surface area (TPSA) is 50.4 Å². The van der Waals surface area contributed by atoms with Crippen molar-refractivity contribution < 1.29 is 9.53 Å². The van der Waals surface area contributed by atoms with Gasteiger partial charge in [-0.1, -0.05) is 12.1 Å². The molecule has 3 rings (SSSR count). The highest BCUT2D eigenvalue weighted by Crippen LogP contribution is 2.28. The maximum Gasteiger partial charge on any atom is 0.224 e. The first kappa shape index (κ1) is 9.81. The van der Waals surface area contributed by atoms with Crippen molar-refractivity contribution in [2.24, 2.45) is 0 Å². The van der Waals surface area contributed by atoms with Gasteiger partial charge in [0.05, 0.1) is 12.8 Å². The fourth-order valence-electron chi connectivity index (χ4n) is 2.23. The standard InChI is InChI=1S/C12H14N2O2/c15-12-4-2-8-5-9(1-3-10(8)14-12)11-6-13-7-16-11/h1,3,5,11,13H,2,4,6-7H2,(H,14,15). The molecule has 1 aromatic carbocycles. The predicted molar refractivity (Wildman–Crippen MR) is 60.1 cm³/mol. The van der Waals surface area contributed by atoms with Crippen molar-refractivity contribution in [3.63, 3.8) is 0 Å². The second-order valence-electron chi connectivity index (χ2n) is 4.22. The predicted octanol–water partition coefficient (Wildman–Crippen LogP) is 1.19. The molecule has 0 aromatic heterocycles. The number of hydrogen-bond donors (Lipinski definition) is 2. The Balaban J connectivity index is 1.89. The van der Waals surface area contributed by atoms with Gasteiger partial charge in [-0.25, -0.2) is 0 Å². The average molecular weight is 218 g/mol.